The highest BCUT2D eigenvalue weighted by Crippen LogP contribution is 2.54. The molecule has 0 radical (unpaired) electrons. The summed E-state index contributed by atoms with van der Waals surface area (Å²) < 4.78 is 72.5. The molecule has 5 nitrogen and oxygen atoms in total. The van der Waals surface area contributed by atoms with Crippen molar-refractivity contribution in [1.82, 2.24) is 5.32 Å². The van der Waals surface area contributed by atoms with Crippen molar-refractivity contribution < 1.29 is 31.5 Å². The Bertz CT molecular complexity index is 1380. The topological polar surface area (TPSA) is 88.2 Å². The molecule has 3 aromatic carbocycles. The summed E-state index contributed by atoms with van der Waals surface area (Å²) in [7, 11) is 0. The Balaban J connectivity index is 1.33. The van der Waals surface area contributed by atoms with Crippen LogP contribution in [0.15, 0.2) is 48.5 Å². The highest BCUT2D eigenvalue weighted by atomic mass is 19.4. The smallest absolute Gasteiger partial charge is 0.384 e. The lowest BCUT2D eigenvalue weighted by Crippen LogP contribution is -2.24. The van der Waals surface area contributed by atoms with E-state index in [0.29, 0.717) is 5.56 Å². The lowest BCUT2D eigenvalue weighted by Gasteiger charge is -2.18. The van der Waals surface area contributed by atoms with Crippen molar-refractivity contribution >= 4 is 11.7 Å². The normalized spacial score (nSPS) is 17.6. The van der Waals surface area contributed by atoms with Crippen LogP contribution in [0, 0.1) is 17.0 Å². The van der Waals surface area contributed by atoms with Crippen LogP contribution in [0.4, 0.5) is 22.0 Å². The summed E-state index contributed by atoms with van der Waals surface area (Å²) in [4.78, 5) is 12.7. The Hall–Kier alpha value is -3.79. The molecule has 0 fully saturated rings. The van der Waals surface area contributed by atoms with Crippen molar-refractivity contribution in [1.29, 1.82) is 5.41 Å². The number of hydrogen-bond acceptors (Lipinski definition) is 3. The standard InChI is InChI=1S/C26H20F5N3O2/c27-20-9-14(24(32)33)10-21(28)19(20)11-34-25(35)13-2-4-16-18(8-13)23-17-7-12(5-6-26(29,30)31)1-3-15(17)22(16)36-23/h1-4,7-10,22-23H,5-6,11H2,(H3,32,33)(H,34,35). The van der Waals surface area contributed by atoms with Gasteiger partial charge in [0.2, 0.25) is 0 Å². The SMILES string of the molecule is N=C(N)c1cc(F)c(CNC(=O)c2ccc3c(c2)C2OC3c3ccc(CCC(F)(F)F)cc32)c(F)c1. The van der Waals surface area contributed by atoms with E-state index in [4.69, 9.17) is 15.9 Å². The summed E-state index contributed by atoms with van der Waals surface area (Å²) in [6, 6.07) is 12.0. The highest BCUT2D eigenvalue weighted by molar-refractivity contribution is 5.95. The second-order valence-electron chi connectivity index (χ2n) is 8.83. The molecule has 186 valence electrons. The fraction of sp³-hybridized carbons (Fsp3) is 0.231. The van der Waals surface area contributed by atoms with E-state index in [1.54, 1.807) is 36.4 Å². The quantitative estimate of drug-likeness (QED) is 0.247. The number of amidine groups is 1. The van der Waals surface area contributed by atoms with E-state index in [2.05, 4.69) is 5.32 Å². The van der Waals surface area contributed by atoms with Crippen molar-refractivity contribution in [2.24, 2.45) is 5.73 Å². The maximum absolute atomic E-state index is 14.3. The lowest BCUT2D eigenvalue weighted by atomic mass is 9.84. The zero-order valence-electron chi connectivity index (χ0n) is 18.7. The predicted octanol–water partition coefficient (Wildman–Crippen LogP) is 5.20. The number of carbonyl (C=O) groups excluding carboxylic acids is 1. The number of halogens is 5. The number of hydrogen-bond donors (Lipinski definition) is 3. The summed E-state index contributed by atoms with van der Waals surface area (Å²) in [6.45, 7) is -0.417. The molecule has 2 bridgehead atoms. The molecule has 2 unspecified atom stereocenters. The largest absolute Gasteiger partial charge is 0.389 e. The lowest BCUT2D eigenvalue weighted by molar-refractivity contribution is -0.134. The van der Waals surface area contributed by atoms with Gasteiger partial charge in [-0.2, -0.15) is 13.2 Å². The molecule has 1 amide bonds. The van der Waals surface area contributed by atoms with Crippen LogP contribution < -0.4 is 11.1 Å². The number of nitrogens with two attached hydrogens (primary N) is 1. The van der Waals surface area contributed by atoms with Gasteiger partial charge in [0, 0.05) is 29.7 Å². The molecule has 0 aromatic heterocycles. The Labute approximate surface area is 202 Å². The van der Waals surface area contributed by atoms with Gasteiger partial charge >= 0.3 is 6.18 Å². The van der Waals surface area contributed by atoms with Crippen molar-refractivity contribution in [2.75, 3.05) is 0 Å². The van der Waals surface area contributed by atoms with E-state index < -0.39 is 48.6 Å². The molecule has 2 aliphatic rings. The van der Waals surface area contributed by atoms with Crippen molar-refractivity contribution in [2.45, 2.75) is 37.8 Å². The van der Waals surface area contributed by atoms with E-state index in [1.165, 1.54) is 0 Å². The molecule has 0 spiro atoms. The van der Waals surface area contributed by atoms with E-state index >= 15 is 0 Å². The Kier molecular flexibility index (Phi) is 5.78. The van der Waals surface area contributed by atoms with Crippen molar-refractivity contribution in [3.63, 3.8) is 0 Å². The molecule has 36 heavy (non-hydrogen) atoms. The number of alkyl halides is 3. The first-order valence-electron chi connectivity index (χ1n) is 11.1. The van der Waals surface area contributed by atoms with Gasteiger partial charge < -0.3 is 15.8 Å². The molecule has 5 rings (SSSR count). The second-order valence-corrected chi connectivity index (χ2v) is 8.83. The Morgan fingerprint density at radius 3 is 2.17 bits per heavy atom. The van der Waals surface area contributed by atoms with E-state index in [1.807, 2.05) is 0 Å². The van der Waals surface area contributed by atoms with Crippen molar-refractivity contribution in [3.8, 4) is 0 Å². The first-order chi connectivity index (χ1) is 17.0. The van der Waals surface area contributed by atoms with Gasteiger partial charge in [-0.25, -0.2) is 8.78 Å². The Morgan fingerprint density at radius 2 is 1.53 bits per heavy atom. The number of nitrogen functional groups attached to an aromatic ring is 1. The van der Waals surface area contributed by atoms with Crippen LogP contribution in [0.25, 0.3) is 0 Å². The van der Waals surface area contributed by atoms with Crippen LogP contribution in [-0.4, -0.2) is 17.9 Å². The number of benzene rings is 3. The molecule has 2 atom stereocenters. The average molecular weight is 501 g/mol. The highest BCUT2D eigenvalue weighted by Gasteiger charge is 2.43. The van der Waals surface area contributed by atoms with E-state index in [0.717, 1.165) is 34.4 Å². The minimum atomic E-state index is -4.25. The first-order valence-corrected chi connectivity index (χ1v) is 11.1. The van der Waals surface area contributed by atoms with Crippen LogP contribution in [0.2, 0.25) is 0 Å². The number of amides is 1. The molecule has 3 aromatic rings. The van der Waals surface area contributed by atoms with Crippen LogP contribution in [0.3, 0.4) is 0 Å². The van der Waals surface area contributed by atoms with Gasteiger partial charge in [-0.15, -0.1) is 0 Å². The second kappa shape index (κ2) is 8.70. The third-order valence-corrected chi connectivity index (χ3v) is 6.48. The number of carbonyl (C=O) groups is 1. The van der Waals surface area contributed by atoms with Crippen LogP contribution >= 0.6 is 0 Å². The summed E-state index contributed by atoms with van der Waals surface area (Å²) in [5.41, 5.74) is 8.87. The number of fused-ring (bicyclic) bond motifs is 8. The fourth-order valence-corrected chi connectivity index (χ4v) is 4.68. The molecule has 2 aliphatic heterocycles. The van der Waals surface area contributed by atoms with Crippen LogP contribution in [-0.2, 0) is 17.7 Å². The molecule has 0 saturated heterocycles. The number of ether oxygens (including phenoxy) is 1. The molecule has 10 heteroatoms. The maximum atomic E-state index is 14.3. The zero-order chi connectivity index (χ0) is 25.8. The summed E-state index contributed by atoms with van der Waals surface area (Å²) in [5.74, 6) is -2.91. The number of nitrogens with one attached hydrogen (secondary N) is 2. The molecule has 2 heterocycles. The van der Waals surface area contributed by atoms with Gasteiger partial charge in [-0.1, -0.05) is 24.3 Å². The number of aryl methyl sites for hydroxylation is 1. The predicted molar refractivity (Wildman–Crippen MR) is 121 cm³/mol. The molecular weight excluding hydrogens is 481 g/mol. The molecular formula is C26H20F5N3O2. The zero-order valence-corrected chi connectivity index (χ0v) is 18.7. The summed E-state index contributed by atoms with van der Waals surface area (Å²) >= 11 is 0. The van der Waals surface area contributed by atoms with Gasteiger partial charge in [-0.05, 0) is 58.5 Å². The van der Waals surface area contributed by atoms with E-state index in [-0.39, 0.29) is 29.2 Å². The van der Waals surface area contributed by atoms with Gasteiger partial charge in [-0.3, -0.25) is 10.2 Å². The monoisotopic (exact) mass is 501 g/mol. The number of rotatable bonds is 6. The third kappa shape index (κ3) is 4.32. The van der Waals surface area contributed by atoms with Crippen molar-refractivity contribution in [3.05, 3.63) is 105 Å². The minimum Gasteiger partial charge on any atom is -0.384 e. The van der Waals surface area contributed by atoms with Gasteiger partial charge in [0.25, 0.3) is 5.91 Å². The Morgan fingerprint density at radius 1 is 0.917 bits per heavy atom. The van der Waals surface area contributed by atoms with Gasteiger partial charge in [0.05, 0.1) is 0 Å². The fourth-order valence-electron chi connectivity index (χ4n) is 4.68. The maximum Gasteiger partial charge on any atom is 0.389 e. The van der Waals surface area contributed by atoms with Gasteiger partial charge in [0.1, 0.15) is 29.7 Å². The van der Waals surface area contributed by atoms with Crippen LogP contribution in [0.1, 0.15) is 67.9 Å². The average Bonchev–Trinajstić information content (AvgIpc) is 3.38. The molecule has 0 saturated carbocycles. The van der Waals surface area contributed by atoms with Gasteiger partial charge in [0.15, 0.2) is 0 Å². The summed E-state index contributed by atoms with van der Waals surface area (Å²) in [5, 5.41) is 9.79. The first kappa shape index (κ1) is 23.9. The third-order valence-electron chi connectivity index (χ3n) is 6.48. The van der Waals surface area contributed by atoms with E-state index in [9.17, 15) is 26.7 Å². The molecule has 0 aliphatic carbocycles. The molecule has 4 N–H and O–H groups in total. The minimum absolute atomic E-state index is 0.101. The van der Waals surface area contributed by atoms with Crippen LogP contribution in [0.5, 0.6) is 0 Å². The summed E-state index contributed by atoms with van der Waals surface area (Å²) in [6.07, 6.45) is -6.17.